The lowest BCUT2D eigenvalue weighted by Gasteiger charge is -2.37. The second-order valence-electron chi connectivity index (χ2n) is 7.29. The number of rotatable bonds is 5. The number of hydrogen-bond acceptors (Lipinski definition) is 4. The first-order valence-corrected chi connectivity index (χ1v) is 10.2. The molecule has 2 fully saturated rings. The van der Waals surface area contributed by atoms with Crippen LogP contribution in [0.4, 0.5) is 0 Å². The monoisotopic (exact) mass is 516 g/mol. The van der Waals surface area contributed by atoms with Gasteiger partial charge in [0.25, 0.3) is 5.91 Å². The number of amides is 1. The molecule has 162 valence electrons. The van der Waals surface area contributed by atoms with E-state index in [2.05, 4.69) is 29.3 Å². The molecule has 1 atom stereocenters. The van der Waals surface area contributed by atoms with Crippen LogP contribution in [0.15, 0.2) is 23.2 Å². The van der Waals surface area contributed by atoms with Crippen LogP contribution >= 0.6 is 24.0 Å². The van der Waals surface area contributed by atoms with Crippen molar-refractivity contribution in [2.24, 2.45) is 4.99 Å². The first-order chi connectivity index (χ1) is 13.6. The van der Waals surface area contributed by atoms with Crippen LogP contribution in [0.25, 0.3) is 0 Å². The third kappa shape index (κ3) is 6.21. The number of aliphatic imine (C=N–C) groups is 1. The van der Waals surface area contributed by atoms with Crippen molar-refractivity contribution in [2.75, 3.05) is 46.4 Å². The molecular weight excluding hydrogens is 483 g/mol. The Morgan fingerprint density at radius 3 is 2.62 bits per heavy atom. The molecule has 1 N–H and O–H groups in total. The molecule has 1 aromatic carbocycles. The highest BCUT2D eigenvalue weighted by molar-refractivity contribution is 14.0. The zero-order valence-electron chi connectivity index (χ0n) is 17.6. The summed E-state index contributed by atoms with van der Waals surface area (Å²) in [6.07, 6.45) is 1.60. The van der Waals surface area contributed by atoms with Crippen molar-refractivity contribution in [3.8, 4) is 5.75 Å². The first kappa shape index (κ1) is 23.7. The van der Waals surface area contributed by atoms with E-state index in [4.69, 9.17) is 14.5 Å². The second kappa shape index (κ2) is 11.6. The number of carbonyl (C=O) groups is 1. The molecule has 0 bridgehead atoms. The molecule has 1 unspecified atom stereocenters. The first-order valence-electron chi connectivity index (χ1n) is 10.2. The zero-order chi connectivity index (χ0) is 19.9. The summed E-state index contributed by atoms with van der Waals surface area (Å²) < 4.78 is 11.0. The number of hydrogen-bond donors (Lipinski definition) is 1. The average Bonchev–Trinajstić information content (AvgIpc) is 3.26. The molecule has 1 amide bonds. The van der Waals surface area contributed by atoms with E-state index >= 15 is 0 Å². The van der Waals surface area contributed by atoms with Gasteiger partial charge in [0.15, 0.2) is 5.96 Å². The Labute approximate surface area is 190 Å². The van der Waals surface area contributed by atoms with Crippen molar-refractivity contribution in [1.82, 2.24) is 15.1 Å². The van der Waals surface area contributed by atoms with Gasteiger partial charge in [-0.2, -0.15) is 0 Å². The normalized spacial score (nSPS) is 19.7. The standard InChI is InChI=1S/C21H32N4O3.HI/c1-4-22-21(23-15-17-8-7-16(2)19(14-17)27-3)25-11-9-24(10-12-25)20(26)18-6-5-13-28-18;/h7-8,14,18H,4-6,9-13,15H2,1-3H3,(H,22,23);1H. The number of piperazine rings is 1. The van der Waals surface area contributed by atoms with E-state index < -0.39 is 0 Å². The average molecular weight is 516 g/mol. The Kier molecular flexibility index (Phi) is 9.48. The molecule has 0 aromatic heterocycles. The third-order valence-electron chi connectivity index (χ3n) is 5.31. The Hall–Kier alpha value is -1.55. The maximum atomic E-state index is 12.5. The van der Waals surface area contributed by atoms with Crippen molar-refractivity contribution in [2.45, 2.75) is 39.3 Å². The maximum Gasteiger partial charge on any atom is 0.251 e. The van der Waals surface area contributed by atoms with Crippen LogP contribution in [-0.2, 0) is 16.1 Å². The predicted molar refractivity (Wildman–Crippen MR) is 125 cm³/mol. The summed E-state index contributed by atoms with van der Waals surface area (Å²) in [7, 11) is 1.69. The van der Waals surface area contributed by atoms with Crippen molar-refractivity contribution in [3.63, 3.8) is 0 Å². The fourth-order valence-electron chi connectivity index (χ4n) is 3.67. The Bertz CT molecular complexity index is 699. The van der Waals surface area contributed by atoms with Crippen LogP contribution in [-0.4, -0.2) is 74.2 Å². The van der Waals surface area contributed by atoms with E-state index in [1.165, 1.54) is 0 Å². The number of halogens is 1. The maximum absolute atomic E-state index is 12.5. The van der Waals surface area contributed by atoms with Gasteiger partial charge >= 0.3 is 0 Å². The van der Waals surface area contributed by atoms with Gasteiger partial charge in [0.1, 0.15) is 11.9 Å². The lowest BCUT2D eigenvalue weighted by Crippen LogP contribution is -2.55. The highest BCUT2D eigenvalue weighted by atomic mass is 127. The number of nitrogens with zero attached hydrogens (tertiary/aromatic N) is 3. The minimum atomic E-state index is -0.232. The largest absolute Gasteiger partial charge is 0.496 e. The van der Waals surface area contributed by atoms with Crippen LogP contribution in [0.2, 0.25) is 0 Å². The summed E-state index contributed by atoms with van der Waals surface area (Å²) >= 11 is 0. The summed E-state index contributed by atoms with van der Waals surface area (Å²) in [6.45, 7) is 9.19. The van der Waals surface area contributed by atoms with E-state index in [1.54, 1.807) is 7.11 Å². The minimum absolute atomic E-state index is 0. The summed E-state index contributed by atoms with van der Waals surface area (Å²) in [5, 5.41) is 3.38. The predicted octanol–water partition coefficient (Wildman–Crippen LogP) is 2.41. The zero-order valence-corrected chi connectivity index (χ0v) is 20.0. The molecular formula is C21H33IN4O3. The van der Waals surface area contributed by atoms with Crippen molar-refractivity contribution < 1.29 is 14.3 Å². The molecule has 2 aliphatic heterocycles. The third-order valence-corrected chi connectivity index (χ3v) is 5.31. The molecule has 1 aromatic rings. The number of benzene rings is 1. The van der Waals surface area contributed by atoms with Gasteiger partial charge in [-0.25, -0.2) is 4.99 Å². The highest BCUT2D eigenvalue weighted by Crippen LogP contribution is 2.20. The van der Waals surface area contributed by atoms with Crippen molar-refractivity contribution >= 4 is 35.8 Å². The number of methoxy groups -OCH3 is 1. The van der Waals surface area contributed by atoms with Gasteiger partial charge in [0.05, 0.1) is 13.7 Å². The summed E-state index contributed by atoms with van der Waals surface area (Å²) in [5.41, 5.74) is 2.24. The van der Waals surface area contributed by atoms with Crippen molar-refractivity contribution in [1.29, 1.82) is 0 Å². The van der Waals surface area contributed by atoms with E-state index in [-0.39, 0.29) is 36.0 Å². The molecule has 0 spiro atoms. The van der Waals surface area contributed by atoms with Crippen LogP contribution in [0.5, 0.6) is 5.75 Å². The Morgan fingerprint density at radius 1 is 1.28 bits per heavy atom. The molecule has 0 radical (unpaired) electrons. The fraction of sp³-hybridized carbons (Fsp3) is 0.619. The molecule has 8 heteroatoms. The van der Waals surface area contributed by atoms with Crippen LogP contribution < -0.4 is 10.1 Å². The summed E-state index contributed by atoms with van der Waals surface area (Å²) in [4.78, 5) is 21.5. The van der Waals surface area contributed by atoms with E-state index in [1.807, 2.05) is 17.9 Å². The number of ether oxygens (including phenoxy) is 2. The lowest BCUT2D eigenvalue weighted by molar-refractivity contribution is -0.142. The summed E-state index contributed by atoms with van der Waals surface area (Å²) in [6, 6.07) is 6.19. The number of aryl methyl sites for hydroxylation is 1. The van der Waals surface area contributed by atoms with E-state index in [0.717, 1.165) is 55.3 Å². The second-order valence-corrected chi connectivity index (χ2v) is 7.29. The number of nitrogens with one attached hydrogen (secondary N) is 1. The summed E-state index contributed by atoms with van der Waals surface area (Å²) in [5.74, 6) is 1.93. The van der Waals surface area contributed by atoms with Crippen LogP contribution in [0.3, 0.4) is 0 Å². The van der Waals surface area contributed by atoms with Crippen LogP contribution in [0.1, 0.15) is 30.9 Å². The van der Waals surface area contributed by atoms with Gasteiger partial charge in [-0.15, -0.1) is 24.0 Å². The lowest BCUT2D eigenvalue weighted by atomic mass is 10.1. The van der Waals surface area contributed by atoms with E-state index in [9.17, 15) is 4.79 Å². The smallest absolute Gasteiger partial charge is 0.251 e. The van der Waals surface area contributed by atoms with Gasteiger partial charge in [-0.05, 0) is 43.9 Å². The topological polar surface area (TPSA) is 66.4 Å². The molecule has 2 heterocycles. The molecule has 7 nitrogen and oxygen atoms in total. The highest BCUT2D eigenvalue weighted by Gasteiger charge is 2.30. The van der Waals surface area contributed by atoms with E-state index in [0.29, 0.717) is 26.2 Å². The van der Waals surface area contributed by atoms with Gasteiger partial charge in [-0.1, -0.05) is 12.1 Å². The van der Waals surface area contributed by atoms with Crippen LogP contribution in [0, 0.1) is 6.92 Å². The van der Waals surface area contributed by atoms with Gasteiger partial charge in [-0.3, -0.25) is 4.79 Å². The molecule has 2 saturated heterocycles. The van der Waals surface area contributed by atoms with Gasteiger partial charge < -0.3 is 24.6 Å². The molecule has 0 aliphatic carbocycles. The van der Waals surface area contributed by atoms with Crippen molar-refractivity contribution in [3.05, 3.63) is 29.3 Å². The molecule has 2 aliphatic rings. The number of guanidine groups is 1. The Morgan fingerprint density at radius 2 is 2.00 bits per heavy atom. The van der Waals surface area contributed by atoms with Gasteiger partial charge in [0, 0.05) is 39.3 Å². The fourth-order valence-corrected chi connectivity index (χ4v) is 3.67. The molecule has 0 saturated carbocycles. The molecule has 3 rings (SSSR count). The van der Waals surface area contributed by atoms with Gasteiger partial charge in [0.2, 0.25) is 0 Å². The molecule has 29 heavy (non-hydrogen) atoms. The SMILES string of the molecule is CCNC(=NCc1ccc(C)c(OC)c1)N1CCN(C(=O)C2CCCO2)CC1.I. The quantitative estimate of drug-likeness (QED) is 0.370. The minimum Gasteiger partial charge on any atom is -0.496 e. The Balaban J connectivity index is 0.00000300. The number of carbonyl (C=O) groups excluding carboxylic acids is 1.